The number of hydrogen-bond acceptors (Lipinski definition) is 3. The Morgan fingerprint density at radius 1 is 1.12 bits per heavy atom. The van der Waals surface area contributed by atoms with E-state index >= 15 is 0 Å². The summed E-state index contributed by atoms with van der Waals surface area (Å²) in [5, 5.41) is 5.53. The van der Waals surface area contributed by atoms with E-state index in [4.69, 9.17) is 16.3 Å². The zero-order valence-corrected chi connectivity index (χ0v) is 14.5. The Morgan fingerprint density at radius 2 is 1.79 bits per heavy atom. The molecule has 0 saturated carbocycles. The second kappa shape index (κ2) is 7.84. The largest absolute Gasteiger partial charge is 0.483 e. The van der Waals surface area contributed by atoms with Crippen molar-refractivity contribution in [2.45, 2.75) is 13.8 Å². The lowest BCUT2D eigenvalue weighted by atomic mass is 10.1. The molecule has 0 bridgehead atoms. The minimum Gasteiger partial charge on any atom is -0.483 e. The maximum atomic E-state index is 12.1. The summed E-state index contributed by atoms with van der Waals surface area (Å²) in [6.07, 6.45) is 0. The van der Waals surface area contributed by atoms with E-state index in [9.17, 15) is 9.59 Å². The summed E-state index contributed by atoms with van der Waals surface area (Å²) in [6.45, 7) is 3.69. The van der Waals surface area contributed by atoms with E-state index in [1.165, 1.54) is 13.1 Å². The Balaban J connectivity index is 2.06. The number of halogens is 1. The van der Waals surface area contributed by atoms with Gasteiger partial charge in [0.2, 0.25) is 0 Å². The maximum absolute atomic E-state index is 12.1. The number of para-hydroxylation sites is 1. The van der Waals surface area contributed by atoms with E-state index in [-0.39, 0.29) is 18.4 Å². The number of benzene rings is 2. The molecule has 0 unspecified atom stereocenters. The van der Waals surface area contributed by atoms with E-state index in [2.05, 4.69) is 10.6 Å². The van der Waals surface area contributed by atoms with Crippen LogP contribution < -0.4 is 15.4 Å². The second-order valence-corrected chi connectivity index (χ2v) is 5.74. The first-order chi connectivity index (χ1) is 11.4. The van der Waals surface area contributed by atoms with Gasteiger partial charge in [-0.15, -0.1) is 0 Å². The highest BCUT2D eigenvalue weighted by Gasteiger charge is 2.12. The van der Waals surface area contributed by atoms with Crippen LogP contribution >= 0.6 is 11.6 Å². The van der Waals surface area contributed by atoms with Crippen LogP contribution in [0.1, 0.15) is 21.5 Å². The molecule has 0 aliphatic carbocycles. The monoisotopic (exact) mass is 346 g/mol. The molecule has 0 heterocycles. The van der Waals surface area contributed by atoms with Crippen molar-refractivity contribution in [3.8, 4) is 5.75 Å². The summed E-state index contributed by atoms with van der Waals surface area (Å²) < 4.78 is 5.61. The number of carbonyl (C=O) groups is 2. The summed E-state index contributed by atoms with van der Waals surface area (Å²) >= 11 is 6.07. The molecule has 0 aliphatic rings. The zero-order chi connectivity index (χ0) is 17.7. The Kier molecular flexibility index (Phi) is 5.82. The minimum atomic E-state index is -0.353. The van der Waals surface area contributed by atoms with Crippen molar-refractivity contribution >= 4 is 29.1 Å². The zero-order valence-electron chi connectivity index (χ0n) is 13.8. The predicted molar refractivity (Wildman–Crippen MR) is 94.9 cm³/mol. The fraction of sp³-hybridized carbons (Fsp3) is 0.222. The van der Waals surface area contributed by atoms with Crippen LogP contribution in [0.4, 0.5) is 5.69 Å². The lowest BCUT2D eigenvalue weighted by molar-refractivity contribution is -0.118. The van der Waals surface area contributed by atoms with Crippen LogP contribution in [0.2, 0.25) is 5.02 Å². The van der Waals surface area contributed by atoms with Crippen LogP contribution in [0.3, 0.4) is 0 Å². The standard InChI is InChI=1S/C18H19ClN2O3/c1-11-5-4-6-12(2)17(11)24-10-16(22)21-15-9-13(18(23)20-3)7-8-14(15)19/h4-9H,10H2,1-3H3,(H,20,23)(H,21,22). The van der Waals surface area contributed by atoms with Crippen LogP contribution in [0.5, 0.6) is 5.75 Å². The first-order valence-electron chi connectivity index (χ1n) is 7.43. The van der Waals surface area contributed by atoms with E-state index < -0.39 is 0 Å². The maximum Gasteiger partial charge on any atom is 0.262 e. The van der Waals surface area contributed by atoms with E-state index in [1.807, 2.05) is 32.0 Å². The Hall–Kier alpha value is -2.53. The minimum absolute atomic E-state index is 0.147. The normalized spacial score (nSPS) is 10.2. The number of rotatable bonds is 5. The topological polar surface area (TPSA) is 67.4 Å². The van der Waals surface area contributed by atoms with Crippen molar-refractivity contribution in [2.75, 3.05) is 19.0 Å². The molecule has 2 aromatic rings. The molecule has 5 nitrogen and oxygen atoms in total. The van der Waals surface area contributed by atoms with E-state index in [1.54, 1.807) is 12.1 Å². The number of hydrogen-bond donors (Lipinski definition) is 2. The van der Waals surface area contributed by atoms with Gasteiger partial charge in [0, 0.05) is 12.6 Å². The predicted octanol–water partition coefficient (Wildman–Crippen LogP) is 3.33. The molecule has 0 spiro atoms. The van der Waals surface area contributed by atoms with Gasteiger partial charge in [0.15, 0.2) is 6.61 Å². The number of carbonyl (C=O) groups excluding carboxylic acids is 2. The molecular weight excluding hydrogens is 328 g/mol. The lowest BCUT2D eigenvalue weighted by Crippen LogP contribution is -2.22. The van der Waals surface area contributed by atoms with Gasteiger partial charge >= 0.3 is 0 Å². The summed E-state index contributed by atoms with van der Waals surface area (Å²) in [4.78, 5) is 23.8. The first-order valence-corrected chi connectivity index (χ1v) is 7.80. The fourth-order valence-corrected chi connectivity index (χ4v) is 2.42. The molecule has 0 radical (unpaired) electrons. The molecule has 126 valence electrons. The van der Waals surface area contributed by atoms with Gasteiger partial charge in [0.1, 0.15) is 5.75 Å². The summed E-state index contributed by atoms with van der Waals surface area (Å²) in [7, 11) is 1.54. The van der Waals surface area contributed by atoms with Gasteiger partial charge in [-0.05, 0) is 43.2 Å². The molecule has 6 heteroatoms. The molecule has 0 fully saturated rings. The van der Waals surface area contributed by atoms with Crippen molar-refractivity contribution in [3.05, 3.63) is 58.1 Å². The first kappa shape index (κ1) is 17.8. The number of anilines is 1. The Labute approximate surface area is 146 Å². The van der Waals surface area contributed by atoms with Gasteiger partial charge < -0.3 is 15.4 Å². The SMILES string of the molecule is CNC(=O)c1ccc(Cl)c(NC(=O)COc2c(C)cccc2C)c1. The molecule has 2 amide bonds. The van der Waals surface area contributed by atoms with Crippen LogP contribution in [-0.4, -0.2) is 25.5 Å². The van der Waals surface area contributed by atoms with Crippen LogP contribution in [0, 0.1) is 13.8 Å². The molecule has 0 aromatic heterocycles. The molecule has 24 heavy (non-hydrogen) atoms. The van der Waals surface area contributed by atoms with Crippen molar-refractivity contribution in [1.29, 1.82) is 0 Å². The molecule has 2 aromatic carbocycles. The summed E-state index contributed by atoms with van der Waals surface area (Å²) in [5.74, 6) is 0.0837. The average Bonchev–Trinajstić information content (AvgIpc) is 2.55. The van der Waals surface area contributed by atoms with Crippen LogP contribution in [-0.2, 0) is 4.79 Å². The van der Waals surface area contributed by atoms with E-state index in [0.29, 0.717) is 22.0 Å². The van der Waals surface area contributed by atoms with Gasteiger partial charge in [-0.2, -0.15) is 0 Å². The van der Waals surface area contributed by atoms with Gasteiger partial charge in [0.05, 0.1) is 10.7 Å². The van der Waals surface area contributed by atoms with Gasteiger partial charge in [-0.25, -0.2) is 0 Å². The second-order valence-electron chi connectivity index (χ2n) is 5.33. The summed E-state index contributed by atoms with van der Waals surface area (Å²) in [5.41, 5.74) is 2.70. The molecule has 0 atom stereocenters. The quantitative estimate of drug-likeness (QED) is 0.872. The number of aryl methyl sites for hydroxylation is 2. The highest BCUT2D eigenvalue weighted by Crippen LogP contribution is 2.24. The van der Waals surface area contributed by atoms with Crippen molar-refractivity contribution < 1.29 is 14.3 Å². The molecule has 2 rings (SSSR count). The van der Waals surface area contributed by atoms with Crippen LogP contribution in [0.25, 0.3) is 0 Å². The third-order valence-electron chi connectivity index (χ3n) is 3.49. The third kappa shape index (κ3) is 4.26. The highest BCUT2D eigenvalue weighted by atomic mass is 35.5. The van der Waals surface area contributed by atoms with E-state index in [0.717, 1.165) is 11.1 Å². The summed E-state index contributed by atoms with van der Waals surface area (Å²) in [6, 6.07) is 10.5. The smallest absolute Gasteiger partial charge is 0.262 e. The van der Waals surface area contributed by atoms with Gasteiger partial charge in [0.25, 0.3) is 11.8 Å². The molecule has 0 saturated heterocycles. The number of nitrogens with one attached hydrogen (secondary N) is 2. The number of amides is 2. The van der Waals surface area contributed by atoms with Gasteiger partial charge in [-0.3, -0.25) is 9.59 Å². The van der Waals surface area contributed by atoms with Gasteiger partial charge in [-0.1, -0.05) is 29.8 Å². The molecule has 2 N–H and O–H groups in total. The van der Waals surface area contributed by atoms with Crippen molar-refractivity contribution in [2.24, 2.45) is 0 Å². The lowest BCUT2D eigenvalue weighted by Gasteiger charge is -2.13. The fourth-order valence-electron chi connectivity index (χ4n) is 2.26. The Morgan fingerprint density at radius 3 is 2.42 bits per heavy atom. The molecular formula is C18H19ClN2O3. The molecule has 0 aliphatic heterocycles. The Bertz CT molecular complexity index is 755. The average molecular weight is 347 g/mol. The van der Waals surface area contributed by atoms with Crippen molar-refractivity contribution in [3.63, 3.8) is 0 Å². The third-order valence-corrected chi connectivity index (χ3v) is 3.82. The number of ether oxygens (including phenoxy) is 1. The van der Waals surface area contributed by atoms with Crippen molar-refractivity contribution in [1.82, 2.24) is 5.32 Å². The highest BCUT2D eigenvalue weighted by molar-refractivity contribution is 6.33. The van der Waals surface area contributed by atoms with Crippen LogP contribution in [0.15, 0.2) is 36.4 Å².